The zero-order valence-corrected chi connectivity index (χ0v) is 9.62. The lowest BCUT2D eigenvalue weighted by Gasteiger charge is -2.09. The van der Waals surface area contributed by atoms with Crippen molar-refractivity contribution in [3.63, 3.8) is 0 Å². The third kappa shape index (κ3) is 2.25. The van der Waals surface area contributed by atoms with E-state index in [1.165, 1.54) is 0 Å². The molecule has 1 aromatic carbocycles. The van der Waals surface area contributed by atoms with E-state index in [1.807, 2.05) is 31.2 Å². The molecular formula is C12H12ClN3. The fourth-order valence-electron chi connectivity index (χ4n) is 1.36. The summed E-state index contributed by atoms with van der Waals surface area (Å²) in [4.78, 5) is 4.17. The van der Waals surface area contributed by atoms with E-state index in [-0.39, 0.29) is 0 Å². The third-order valence-corrected chi connectivity index (χ3v) is 2.73. The first-order chi connectivity index (χ1) is 7.66. The van der Waals surface area contributed by atoms with Gasteiger partial charge < -0.3 is 11.1 Å². The van der Waals surface area contributed by atoms with Gasteiger partial charge in [-0.2, -0.15) is 0 Å². The monoisotopic (exact) mass is 233 g/mol. The van der Waals surface area contributed by atoms with Gasteiger partial charge in [0.25, 0.3) is 0 Å². The molecule has 0 spiro atoms. The van der Waals surface area contributed by atoms with Crippen molar-refractivity contribution in [2.24, 2.45) is 0 Å². The summed E-state index contributed by atoms with van der Waals surface area (Å²) in [7, 11) is 0. The molecular weight excluding hydrogens is 222 g/mol. The molecule has 82 valence electrons. The van der Waals surface area contributed by atoms with Crippen LogP contribution in [-0.2, 0) is 0 Å². The van der Waals surface area contributed by atoms with Gasteiger partial charge >= 0.3 is 0 Å². The number of nitrogen functional groups attached to an aromatic ring is 1. The van der Waals surface area contributed by atoms with Crippen molar-refractivity contribution < 1.29 is 0 Å². The van der Waals surface area contributed by atoms with E-state index in [9.17, 15) is 0 Å². The number of anilines is 3. The van der Waals surface area contributed by atoms with Crippen molar-refractivity contribution in [1.29, 1.82) is 0 Å². The van der Waals surface area contributed by atoms with E-state index in [1.54, 1.807) is 12.3 Å². The maximum atomic E-state index is 6.02. The van der Waals surface area contributed by atoms with Gasteiger partial charge in [0.1, 0.15) is 5.82 Å². The average molecular weight is 234 g/mol. The van der Waals surface area contributed by atoms with Crippen molar-refractivity contribution in [1.82, 2.24) is 4.98 Å². The molecule has 0 unspecified atom stereocenters. The number of nitrogens with zero attached hydrogens (tertiary/aromatic N) is 1. The molecule has 0 saturated heterocycles. The number of hydrogen-bond acceptors (Lipinski definition) is 3. The van der Waals surface area contributed by atoms with E-state index < -0.39 is 0 Å². The zero-order chi connectivity index (χ0) is 11.5. The molecule has 3 nitrogen and oxygen atoms in total. The second-order valence-corrected chi connectivity index (χ2v) is 3.92. The lowest BCUT2D eigenvalue weighted by molar-refractivity contribution is 1.30. The number of nitrogens with two attached hydrogens (primary N) is 1. The summed E-state index contributed by atoms with van der Waals surface area (Å²) in [5.41, 5.74) is 8.16. The minimum Gasteiger partial charge on any atom is -0.397 e. The zero-order valence-electron chi connectivity index (χ0n) is 8.87. The molecule has 1 heterocycles. The fraction of sp³-hybridized carbons (Fsp3) is 0.0833. The molecule has 16 heavy (non-hydrogen) atoms. The van der Waals surface area contributed by atoms with Crippen molar-refractivity contribution in [3.8, 4) is 0 Å². The van der Waals surface area contributed by atoms with Gasteiger partial charge in [0, 0.05) is 10.7 Å². The van der Waals surface area contributed by atoms with Crippen LogP contribution >= 0.6 is 11.6 Å². The van der Waals surface area contributed by atoms with Gasteiger partial charge in [0.05, 0.1) is 11.9 Å². The quantitative estimate of drug-likeness (QED) is 0.836. The predicted octanol–water partition coefficient (Wildman–Crippen LogP) is 3.37. The fourth-order valence-corrected chi connectivity index (χ4v) is 1.53. The molecule has 4 heteroatoms. The van der Waals surface area contributed by atoms with E-state index in [4.69, 9.17) is 17.3 Å². The van der Waals surface area contributed by atoms with Gasteiger partial charge in [0.15, 0.2) is 0 Å². The minimum absolute atomic E-state index is 0.647. The van der Waals surface area contributed by atoms with E-state index in [0.29, 0.717) is 5.69 Å². The highest BCUT2D eigenvalue weighted by molar-refractivity contribution is 6.31. The molecule has 0 atom stereocenters. The Morgan fingerprint density at radius 2 is 2.06 bits per heavy atom. The summed E-state index contributed by atoms with van der Waals surface area (Å²) in [5.74, 6) is 0.750. The Morgan fingerprint density at radius 1 is 1.25 bits per heavy atom. The largest absolute Gasteiger partial charge is 0.397 e. The Labute approximate surface area is 99.3 Å². The van der Waals surface area contributed by atoms with Gasteiger partial charge in [-0.3, -0.25) is 0 Å². The molecule has 0 bridgehead atoms. The number of nitrogens with one attached hydrogen (secondary N) is 1. The Hall–Kier alpha value is -1.74. The van der Waals surface area contributed by atoms with Crippen LogP contribution in [0.5, 0.6) is 0 Å². The van der Waals surface area contributed by atoms with Crippen LogP contribution in [0.2, 0.25) is 5.02 Å². The van der Waals surface area contributed by atoms with E-state index >= 15 is 0 Å². The standard InChI is InChI=1S/C12H12ClN3/c1-8-10(13)3-2-4-11(8)16-12-6-5-9(14)7-15-12/h2-7H,14H2,1H3,(H,15,16). The van der Waals surface area contributed by atoms with Crippen molar-refractivity contribution >= 4 is 28.8 Å². The highest BCUT2D eigenvalue weighted by atomic mass is 35.5. The second-order valence-electron chi connectivity index (χ2n) is 3.51. The number of aromatic nitrogens is 1. The van der Waals surface area contributed by atoms with Gasteiger partial charge in [0.2, 0.25) is 0 Å². The molecule has 0 fully saturated rings. The summed E-state index contributed by atoms with van der Waals surface area (Å²) < 4.78 is 0. The molecule has 0 aliphatic carbocycles. The normalized spacial score (nSPS) is 10.1. The second kappa shape index (κ2) is 4.41. The molecule has 2 rings (SSSR count). The molecule has 0 saturated carbocycles. The summed E-state index contributed by atoms with van der Waals surface area (Å²) >= 11 is 6.02. The van der Waals surface area contributed by atoms with Crippen LogP contribution < -0.4 is 11.1 Å². The maximum absolute atomic E-state index is 6.02. The number of rotatable bonds is 2. The number of halogens is 1. The Morgan fingerprint density at radius 3 is 2.75 bits per heavy atom. The lowest BCUT2D eigenvalue weighted by atomic mass is 10.2. The smallest absolute Gasteiger partial charge is 0.130 e. The molecule has 0 radical (unpaired) electrons. The van der Waals surface area contributed by atoms with Crippen LogP contribution in [0.1, 0.15) is 5.56 Å². The van der Waals surface area contributed by atoms with Crippen molar-refractivity contribution in [2.45, 2.75) is 6.92 Å². The highest BCUT2D eigenvalue weighted by Gasteiger charge is 2.02. The Bertz CT molecular complexity index is 494. The van der Waals surface area contributed by atoms with Crippen LogP contribution in [0.4, 0.5) is 17.2 Å². The average Bonchev–Trinajstić information content (AvgIpc) is 2.28. The third-order valence-electron chi connectivity index (χ3n) is 2.32. The molecule has 1 aromatic heterocycles. The summed E-state index contributed by atoms with van der Waals surface area (Å²) in [6.45, 7) is 1.96. The molecule has 0 aliphatic rings. The van der Waals surface area contributed by atoms with Gasteiger partial charge in [-0.15, -0.1) is 0 Å². The van der Waals surface area contributed by atoms with E-state index in [2.05, 4.69) is 10.3 Å². The number of benzene rings is 1. The molecule has 0 aliphatic heterocycles. The summed E-state index contributed by atoms with van der Waals surface area (Å²) in [5, 5.41) is 3.93. The van der Waals surface area contributed by atoms with Crippen LogP contribution in [0.3, 0.4) is 0 Å². The van der Waals surface area contributed by atoms with Crippen LogP contribution in [0.15, 0.2) is 36.5 Å². The highest BCUT2D eigenvalue weighted by Crippen LogP contribution is 2.25. The number of pyridine rings is 1. The first-order valence-corrected chi connectivity index (χ1v) is 5.28. The first-order valence-electron chi connectivity index (χ1n) is 4.90. The summed E-state index contributed by atoms with van der Waals surface area (Å²) in [6.07, 6.45) is 1.61. The predicted molar refractivity (Wildman–Crippen MR) is 68.1 cm³/mol. The lowest BCUT2D eigenvalue weighted by Crippen LogP contribution is -1.96. The van der Waals surface area contributed by atoms with Crippen LogP contribution in [0, 0.1) is 6.92 Å². The first kappa shape index (κ1) is 10.8. The Kier molecular flexibility index (Phi) is 2.97. The molecule has 0 amide bonds. The van der Waals surface area contributed by atoms with E-state index in [0.717, 1.165) is 22.1 Å². The summed E-state index contributed by atoms with van der Waals surface area (Å²) in [6, 6.07) is 9.34. The van der Waals surface area contributed by atoms with Crippen LogP contribution in [-0.4, -0.2) is 4.98 Å². The SMILES string of the molecule is Cc1c(Cl)cccc1Nc1ccc(N)cn1. The number of hydrogen-bond donors (Lipinski definition) is 2. The van der Waals surface area contributed by atoms with Crippen LogP contribution in [0.25, 0.3) is 0 Å². The maximum Gasteiger partial charge on any atom is 0.130 e. The van der Waals surface area contributed by atoms with Crippen molar-refractivity contribution in [3.05, 3.63) is 47.1 Å². The van der Waals surface area contributed by atoms with Gasteiger partial charge in [-0.1, -0.05) is 17.7 Å². The molecule has 3 N–H and O–H groups in total. The minimum atomic E-state index is 0.647. The van der Waals surface area contributed by atoms with Crippen molar-refractivity contribution in [2.75, 3.05) is 11.1 Å². The van der Waals surface area contributed by atoms with Gasteiger partial charge in [-0.25, -0.2) is 4.98 Å². The Balaban J connectivity index is 2.27. The van der Waals surface area contributed by atoms with Gasteiger partial charge in [-0.05, 0) is 36.8 Å². The topological polar surface area (TPSA) is 50.9 Å². The molecule has 2 aromatic rings.